The van der Waals surface area contributed by atoms with Gasteiger partial charge in [0, 0.05) is 12.5 Å². The highest BCUT2D eigenvalue weighted by Gasteiger charge is 2.22. The minimum absolute atomic E-state index is 0. The normalized spacial score (nSPS) is 13.3. The van der Waals surface area contributed by atoms with E-state index in [2.05, 4.69) is 35.6 Å². The van der Waals surface area contributed by atoms with Crippen molar-refractivity contribution in [2.75, 3.05) is 13.6 Å². The SMILES string of the molecule is CNC[C@@H](c1ccc2ccccc2c1)[C@@H](O)c1ccccc1.Cl. The molecule has 120 valence electrons. The molecule has 2 N–H and O–H groups in total. The second kappa shape index (κ2) is 8.11. The standard InChI is InChI=1S/C20H21NO.ClH/c1-21-14-19(20(22)16-8-3-2-4-9-16)18-12-11-15-7-5-6-10-17(15)13-18;/h2-13,19-22H,14H2,1H3;1H/t19-,20-;/m0./s1. The summed E-state index contributed by atoms with van der Waals surface area (Å²) in [7, 11) is 1.92. The highest BCUT2D eigenvalue weighted by molar-refractivity contribution is 5.85. The molecule has 3 heteroatoms. The largest absolute Gasteiger partial charge is 0.388 e. The van der Waals surface area contributed by atoms with E-state index in [1.165, 1.54) is 10.8 Å². The molecule has 3 rings (SSSR count). The second-order valence-electron chi connectivity index (χ2n) is 5.63. The monoisotopic (exact) mass is 327 g/mol. The number of hydrogen-bond acceptors (Lipinski definition) is 2. The van der Waals surface area contributed by atoms with E-state index in [1.807, 2.05) is 49.5 Å². The Labute approximate surface area is 143 Å². The van der Waals surface area contributed by atoms with Crippen molar-refractivity contribution in [1.82, 2.24) is 5.32 Å². The number of rotatable bonds is 5. The van der Waals surface area contributed by atoms with E-state index in [-0.39, 0.29) is 18.3 Å². The summed E-state index contributed by atoms with van der Waals surface area (Å²) in [4.78, 5) is 0. The Balaban J connectivity index is 0.00000192. The molecule has 2 nitrogen and oxygen atoms in total. The van der Waals surface area contributed by atoms with E-state index in [9.17, 15) is 5.11 Å². The molecule has 0 unspecified atom stereocenters. The first-order valence-electron chi connectivity index (χ1n) is 7.66. The van der Waals surface area contributed by atoms with E-state index < -0.39 is 6.10 Å². The maximum absolute atomic E-state index is 10.8. The van der Waals surface area contributed by atoms with Crippen LogP contribution in [-0.2, 0) is 0 Å². The average Bonchev–Trinajstić information content (AvgIpc) is 2.59. The van der Waals surface area contributed by atoms with E-state index in [0.29, 0.717) is 0 Å². The number of halogens is 1. The van der Waals surface area contributed by atoms with Crippen molar-refractivity contribution in [3.8, 4) is 0 Å². The van der Waals surface area contributed by atoms with Gasteiger partial charge >= 0.3 is 0 Å². The van der Waals surface area contributed by atoms with Crippen molar-refractivity contribution in [3.05, 3.63) is 83.9 Å². The van der Waals surface area contributed by atoms with Crippen LogP contribution in [0.3, 0.4) is 0 Å². The molecule has 2 atom stereocenters. The number of aliphatic hydroxyl groups is 1. The van der Waals surface area contributed by atoms with E-state index in [4.69, 9.17) is 0 Å². The van der Waals surface area contributed by atoms with Crippen LogP contribution in [-0.4, -0.2) is 18.7 Å². The minimum Gasteiger partial charge on any atom is -0.388 e. The zero-order chi connectivity index (χ0) is 15.4. The van der Waals surface area contributed by atoms with Gasteiger partial charge in [-0.25, -0.2) is 0 Å². The molecule has 0 saturated carbocycles. The van der Waals surface area contributed by atoms with E-state index in [0.717, 1.165) is 17.7 Å². The van der Waals surface area contributed by atoms with Gasteiger partial charge in [0.15, 0.2) is 0 Å². The van der Waals surface area contributed by atoms with E-state index >= 15 is 0 Å². The second-order valence-corrected chi connectivity index (χ2v) is 5.63. The number of benzene rings is 3. The maximum Gasteiger partial charge on any atom is 0.0870 e. The van der Waals surface area contributed by atoms with Crippen molar-refractivity contribution in [3.63, 3.8) is 0 Å². The van der Waals surface area contributed by atoms with Gasteiger partial charge in [-0.15, -0.1) is 12.4 Å². The van der Waals surface area contributed by atoms with Crippen molar-refractivity contribution in [1.29, 1.82) is 0 Å². The molecular weight excluding hydrogens is 306 g/mol. The predicted molar refractivity (Wildman–Crippen MR) is 99.3 cm³/mol. The molecule has 0 radical (unpaired) electrons. The lowest BCUT2D eigenvalue weighted by Crippen LogP contribution is -2.23. The molecule has 0 fully saturated rings. The summed E-state index contributed by atoms with van der Waals surface area (Å²) in [5.74, 6) is 0.0250. The van der Waals surface area contributed by atoms with Gasteiger partial charge in [-0.05, 0) is 28.9 Å². The predicted octanol–water partition coefficient (Wildman–Crippen LogP) is 4.30. The average molecular weight is 328 g/mol. The van der Waals surface area contributed by atoms with Crippen molar-refractivity contribution < 1.29 is 5.11 Å². The van der Waals surface area contributed by atoms with Gasteiger partial charge in [0.05, 0.1) is 6.10 Å². The molecule has 0 heterocycles. The van der Waals surface area contributed by atoms with Crippen LogP contribution in [0, 0.1) is 0 Å². The summed E-state index contributed by atoms with van der Waals surface area (Å²) in [6.45, 7) is 0.731. The lowest BCUT2D eigenvalue weighted by molar-refractivity contribution is 0.144. The maximum atomic E-state index is 10.8. The smallest absolute Gasteiger partial charge is 0.0870 e. The van der Waals surface area contributed by atoms with Gasteiger partial charge in [-0.2, -0.15) is 0 Å². The third kappa shape index (κ3) is 3.91. The van der Waals surface area contributed by atoms with Crippen LogP contribution >= 0.6 is 12.4 Å². The molecule has 0 amide bonds. The first-order chi connectivity index (χ1) is 10.8. The Morgan fingerprint density at radius 1 is 0.826 bits per heavy atom. The summed E-state index contributed by atoms with van der Waals surface area (Å²) < 4.78 is 0. The van der Waals surface area contributed by atoms with Gasteiger partial charge in [0.1, 0.15) is 0 Å². The Morgan fingerprint density at radius 3 is 2.17 bits per heavy atom. The fourth-order valence-electron chi connectivity index (χ4n) is 2.95. The molecule has 0 aliphatic heterocycles. The molecule has 0 spiro atoms. The van der Waals surface area contributed by atoms with Crippen molar-refractivity contribution in [2.24, 2.45) is 0 Å². The molecular formula is C20H22ClNO. The number of fused-ring (bicyclic) bond motifs is 1. The molecule has 0 aromatic heterocycles. The molecule has 0 saturated heterocycles. The van der Waals surface area contributed by atoms with E-state index in [1.54, 1.807) is 0 Å². The quantitative estimate of drug-likeness (QED) is 0.732. The Hall–Kier alpha value is -1.87. The van der Waals surface area contributed by atoms with Crippen molar-refractivity contribution >= 4 is 23.2 Å². The minimum atomic E-state index is -0.519. The lowest BCUT2D eigenvalue weighted by Gasteiger charge is -2.24. The number of aliphatic hydroxyl groups excluding tert-OH is 1. The lowest BCUT2D eigenvalue weighted by atomic mass is 9.88. The first-order valence-corrected chi connectivity index (χ1v) is 7.66. The fraction of sp³-hybridized carbons (Fsp3) is 0.200. The number of likely N-dealkylation sites (N-methyl/N-ethyl adjacent to an activating group) is 1. The number of hydrogen-bond donors (Lipinski definition) is 2. The van der Waals surface area contributed by atoms with Gasteiger partial charge in [0.2, 0.25) is 0 Å². The molecule has 0 bridgehead atoms. The van der Waals surface area contributed by atoms with Crippen LogP contribution in [0.5, 0.6) is 0 Å². The van der Waals surface area contributed by atoms with Crippen LogP contribution in [0.4, 0.5) is 0 Å². The van der Waals surface area contributed by atoms with Crippen LogP contribution in [0.1, 0.15) is 23.1 Å². The zero-order valence-electron chi connectivity index (χ0n) is 13.1. The first kappa shape index (κ1) is 17.5. The summed E-state index contributed by atoms with van der Waals surface area (Å²) in [6.07, 6.45) is -0.519. The van der Waals surface area contributed by atoms with Crippen LogP contribution in [0.25, 0.3) is 10.8 Å². The molecule has 0 aliphatic carbocycles. The van der Waals surface area contributed by atoms with Crippen LogP contribution in [0.2, 0.25) is 0 Å². The fourth-order valence-corrected chi connectivity index (χ4v) is 2.95. The summed E-state index contributed by atoms with van der Waals surface area (Å²) in [5.41, 5.74) is 2.11. The molecule has 3 aromatic carbocycles. The highest BCUT2D eigenvalue weighted by atomic mass is 35.5. The summed E-state index contributed by atoms with van der Waals surface area (Å²) in [5, 5.41) is 16.4. The summed E-state index contributed by atoms with van der Waals surface area (Å²) in [6, 6.07) is 24.6. The van der Waals surface area contributed by atoms with Gasteiger partial charge < -0.3 is 10.4 Å². The van der Waals surface area contributed by atoms with Gasteiger partial charge in [0.25, 0.3) is 0 Å². The Kier molecular flexibility index (Phi) is 6.17. The van der Waals surface area contributed by atoms with Crippen LogP contribution < -0.4 is 5.32 Å². The third-order valence-electron chi connectivity index (χ3n) is 4.15. The van der Waals surface area contributed by atoms with Crippen molar-refractivity contribution in [2.45, 2.75) is 12.0 Å². The Bertz CT molecular complexity index is 745. The van der Waals surface area contributed by atoms with Crippen LogP contribution in [0.15, 0.2) is 72.8 Å². The third-order valence-corrected chi connectivity index (χ3v) is 4.15. The highest BCUT2D eigenvalue weighted by Crippen LogP contribution is 2.32. The zero-order valence-corrected chi connectivity index (χ0v) is 14.0. The van der Waals surface area contributed by atoms with Gasteiger partial charge in [-0.3, -0.25) is 0 Å². The summed E-state index contributed by atoms with van der Waals surface area (Å²) >= 11 is 0. The van der Waals surface area contributed by atoms with Gasteiger partial charge in [-0.1, -0.05) is 72.8 Å². The molecule has 3 aromatic rings. The molecule has 23 heavy (non-hydrogen) atoms. The molecule has 0 aliphatic rings. The Morgan fingerprint density at radius 2 is 1.48 bits per heavy atom. The topological polar surface area (TPSA) is 32.3 Å². The number of nitrogens with one attached hydrogen (secondary N) is 1.